The summed E-state index contributed by atoms with van der Waals surface area (Å²) in [7, 11) is 0. The Morgan fingerprint density at radius 1 is 1.04 bits per heavy atom. The van der Waals surface area contributed by atoms with Crippen molar-refractivity contribution in [2.75, 3.05) is 13.1 Å². The van der Waals surface area contributed by atoms with Gasteiger partial charge in [0.15, 0.2) is 0 Å². The quantitative estimate of drug-likeness (QED) is 0.778. The Labute approximate surface area is 149 Å². The maximum absolute atomic E-state index is 12.1. The average molecular weight is 338 g/mol. The third-order valence-corrected chi connectivity index (χ3v) is 4.80. The van der Waals surface area contributed by atoms with Gasteiger partial charge in [-0.05, 0) is 35.7 Å². The highest BCUT2D eigenvalue weighted by Gasteiger charge is 2.28. The second-order valence-electron chi connectivity index (χ2n) is 6.72. The molecule has 1 fully saturated rings. The molecule has 4 heteroatoms. The van der Waals surface area contributed by atoms with Crippen LogP contribution in [0.1, 0.15) is 23.6 Å². The van der Waals surface area contributed by atoms with Crippen LogP contribution in [0.5, 0.6) is 0 Å². The molecule has 4 nitrogen and oxygen atoms in total. The number of ether oxygens (including phenoxy) is 1. The molecule has 1 atom stereocenters. The highest BCUT2D eigenvalue weighted by molar-refractivity contribution is 5.78. The second kappa shape index (κ2) is 8.79. The summed E-state index contributed by atoms with van der Waals surface area (Å²) in [5.74, 6) is 0.692. The molecule has 0 aromatic heterocycles. The maximum Gasteiger partial charge on any atom is 0.223 e. The molecule has 25 heavy (non-hydrogen) atoms. The Bertz CT molecular complexity index is 666. The number of hydrogen-bond acceptors (Lipinski definition) is 3. The summed E-state index contributed by atoms with van der Waals surface area (Å²) in [5.41, 5.74) is 3.43. The molecule has 1 unspecified atom stereocenters. The first kappa shape index (κ1) is 17.6. The summed E-state index contributed by atoms with van der Waals surface area (Å²) in [6, 6.07) is 18.4. The lowest BCUT2D eigenvalue weighted by Gasteiger charge is -2.31. The molecule has 3 rings (SSSR count). The van der Waals surface area contributed by atoms with Crippen LogP contribution < -0.4 is 10.6 Å². The SMILES string of the molecule is CC(C(=O)NCc1ccc(COCc2ccccc2)cc1)C1CNC1. The van der Waals surface area contributed by atoms with E-state index in [0.29, 0.717) is 25.7 Å². The van der Waals surface area contributed by atoms with Crippen molar-refractivity contribution in [3.05, 3.63) is 71.3 Å². The van der Waals surface area contributed by atoms with Gasteiger partial charge in [0, 0.05) is 12.5 Å². The van der Waals surface area contributed by atoms with Crippen LogP contribution in [0.25, 0.3) is 0 Å². The van der Waals surface area contributed by atoms with E-state index in [2.05, 4.69) is 47.0 Å². The molecule has 0 radical (unpaired) electrons. The Kier molecular flexibility index (Phi) is 6.20. The van der Waals surface area contributed by atoms with E-state index in [0.717, 1.165) is 24.2 Å². The molecule has 0 spiro atoms. The summed E-state index contributed by atoms with van der Waals surface area (Å²) in [6.07, 6.45) is 0. The van der Waals surface area contributed by atoms with Crippen molar-refractivity contribution in [2.45, 2.75) is 26.7 Å². The lowest BCUT2D eigenvalue weighted by atomic mass is 9.88. The number of rotatable bonds is 8. The fourth-order valence-corrected chi connectivity index (χ4v) is 2.84. The van der Waals surface area contributed by atoms with Crippen molar-refractivity contribution in [3.63, 3.8) is 0 Å². The lowest BCUT2D eigenvalue weighted by Crippen LogP contribution is -2.49. The van der Waals surface area contributed by atoms with Gasteiger partial charge in [0.2, 0.25) is 5.91 Å². The van der Waals surface area contributed by atoms with Crippen LogP contribution in [-0.4, -0.2) is 19.0 Å². The molecule has 1 saturated heterocycles. The number of hydrogen-bond donors (Lipinski definition) is 2. The minimum absolute atomic E-state index is 0.0758. The Morgan fingerprint density at radius 3 is 2.24 bits per heavy atom. The fourth-order valence-electron chi connectivity index (χ4n) is 2.84. The van der Waals surface area contributed by atoms with Gasteiger partial charge < -0.3 is 15.4 Å². The molecule has 0 bridgehead atoms. The van der Waals surface area contributed by atoms with Gasteiger partial charge in [-0.2, -0.15) is 0 Å². The Hall–Kier alpha value is -2.17. The summed E-state index contributed by atoms with van der Waals surface area (Å²) < 4.78 is 5.74. The van der Waals surface area contributed by atoms with E-state index >= 15 is 0 Å². The second-order valence-corrected chi connectivity index (χ2v) is 6.72. The highest BCUT2D eigenvalue weighted by Crippen LogP contribution is 2.16. The van der Waals surface area contributed by atoms with Crippen LogP contribution in [0.2, 0.25) is 0 Å². The predicted molar refractivity (Wildman–Crippen MR) is 98.7 cm³/mol. The monoisotopic (exact) mass is 338 g/mol. The van der Waals surface area contributed by atoms with Gasteiger partial charge in [0.1, 0.15) is 0 Å². The summed E-state index contributed by atoms with van der Waals surface area (Å²) >= 11 is 0. The van der Waals surface area contributed by atoms with E-state index in [1.54, 1.807) is 0 Å². The van der Waals surface area contributed by atoms with Gasteiger partial charge in [-0.1, -0.05) is 61.5 Å². The van der Waals surface area contributed by atoms with Crippen LogP contribution in [-0.2, 0) is 29.3 Å². The first-order chi connectivity index (χ1) is 12.2. The molecule has 1 aliphatic heterocycles. The molecule has 132 valence electrons. The minimum Gasteiger partial charge on any atom is -0.372 e. The summed E-state index contributed by atoms with van der Waals surface area (Å²) in [4.78, 5) is 12.1. The maximum atomic E-state index is 12.1. The predicted octanol–water partition coefficient (Wildman–Crippen LogP) is 2.88. The third kappa shape index (κ3) is 5.15. The lowest BCUT2D eigenvalue weighted by molar-refractivity contribution is -0.126. The Balaban J connectivity index is 1.40. The fraction of sp³-hybridized carbons (Fsp3) is 0.381. The van der Waals surface area contributed by atoms with Crippen LogP contribution >= 0.6 is 0 Å². The zero-order chi connectivity index (χ0) is 17.5. The molecule has 2 aromatic rings. The molecule has 1 aliphatic rings. The molecule has 0 saturated carbocycles. The van der Waals surface area contributed by atoms with Crippen molar-refractivity contribution in [1.29, 1.82) is 0 Å². The topological polar surface area (TPSA) is 50.4 Å². The van der Waals surface area contributed by atoms with Crippen LogP contribution in [0, 0.1) is 11.8 Å². The molecule has 2 aromatic carbocycles. The van der Waals surface area contributed by atoms with Crippen molar-refractivity contribution < 1.29 is 9.53 Å². The smallest absolute Gasteiger partial charge is 0.223 e. The summed E-state index contributed by atoms with van der Waals surface area (Å²) in [6.45, 7) is 5.70. The van der Waals surface area contributed by atoms with E-state index < -0.39 is 0 Å². The Morgan fingerprint density at radius 2 is 1.64 bits per heavy atom. The number of benzene rings is 2. The van der Waals surface area contributed by atoms with Gasteiger partial charge in [-0.3, -0.25) is 4.79 Å². The number of nitrogens with one attached hydrogen (secondary N) is 2. The van der Waals surface area contributed by atoms with E-state index in [-0.39, 0.29) is 11.8 Å². The van der Waals surface area contributed by atoms with Crippen molar-refractivity contribution in [1.82, 2.24) is 10.6 Å². The number of carbonyl (C=O) groups excluding carboxylic acids is 1. The molecular formula is C21H26N2O2. The molecule has 1 amide bonds. The van der Waals surface area contributed by atoms with E-state index in [4.69, 9.17) is 4.74 Å². The van der Waals surface area contributed by atoms with Crippen LogP contribution in [0.15, 0.2) is 54.6 Å². The first-order valence-corrected chi connectivity index (χ1v) is 8.90. The van der Waals surface area contributed by atoms with Gasteiger partial charge in [0.25, 0.3) is 0 Å². The first-order valence-electron chi connectivity index (χ1n) is 8.90. The van der Waals surface area contributed by atoms with Crippen LogP contribution in [0.3, 0.4) is 0 Å². The average Bonchev–Trinajstić information content (AvgIpc) is 2.60. The zero-order valence-corrected chi connectivity index (χ0v) is 14.7. The number of carbonyl (C=O) groups is 1. The van der Waals surface area contributed by atoms with Gasteiger partial charge in [0.05, 0.1) is 13.2 Å². The van der Waals surface area contributed by atoms with E-state index in [9.17, 15) is 4.79 Å². The largest absolute Gasteiger partial charge is 0.372 e. The molecule has 2 N–H and O–H groups in total. The highest BCUT2D eigenvalue weighted by atomic mass is 16.5. The van der Waals surface area contributed by atoms with Gasteiger partial charge in [-0.15, -0.1) is 0 Å². The van der Waals surface area contributed by atoms with E-state index in [1.807, 2.05) is 25.1 Å². The zero-order valence-electron chi connectivity index (χ0n) is 14.7. The minimum atomic E-state index is 0.0758. The summed E-state index contributed by atoms with van der Waals surface area (Å²) in [5, 5.41) is 6.25. The van der Waals surface area contributed by atoms with Crippen molar-refractivity contribution in [2.24, 2.45) is 11.8 Å². The number of amides is 1. The van der Waals surface area contributed by atoms with Crippen molar-refractivity contribution in [3.8, 4) is 0 Å². The van der Waals surface area contributed by atoms with Crippen LogP contribution in [0.4, 0.5) is 0 Å². The third-order valence-electron chi connectivity index (χ3n) is 4.80. The van der Waals surface area contributed by atoms with E-state index in [1.165, 1.54) is 5.56 Å². The normalized spacial score (nSPS) is 15.4. The molecule has 1 heterocycles. The molecule has 0 aliphatic carbocycles. The standard InChI is InChI=1S/C21H26N2O2/c1-16(20-12-22-13-20)21(24)23-11-17-7-9-19(10-8-17)15-25-14-18-5-3-2-4-6-18/h2-10,16,20,22H,11-15H2,1H3,(H,23,24). The van der Waals surface area contributed by atoms with Gasteiger partial charge in [-0.25, -0.2) is 0 Å². The molecular weight excluding hydrogens is 312 g/mol. The van der Waals surface area contributed by atoms with Crippen molar-refractivity contribution >= 4 is 5.91 Å². The van der Waals surface area contributed by atoms with Gasteiger partial charge >= 0.3 is 0 Å².